The van der Waals surface area contributed by atoms with Gasteiger partial charge < -0.3 is 4.74 Å². The van der Waals surface area contributed by atoms with Gasteiger partial charge in [0, 0.05) is 33.4 Å². The molecule has 3 nitrogen and oxygen atoms in total. The summed E-state index contributed by atoms with van der Waals surface area (Å²) < 4.78 is 6.78. The third-order valence-corrected chi connectivity index (χ3v) is 4.11. The summed E-state index contributed by atoms with van der Waals surface area (Å²) in [6, 6.07) is 5.49. The Kier molecular flexibility index (Phi) is 3.45. The molecule has 2 aromatic rings. The number of Topliss-reactive ketones (excluding diaryl/α,β-unsaturated/α-hetero) is 1. The molecule has 0 unspecified atom stereocenters. The summed E-state index contributed by atoms with van der Waals surface area (Å²) >= 11 is 8.06. The average Bonchev–Trinajstić information content (AvgIpc) is 2.76. The molecule has 0 atom stereocenters. The van der Waals surface area contributed by atoms with Crippen molar-refractivity contribution >= 4 is 40.0 Å². The van der Waals surface area contributed by atoms with Crippen molar-refractivity contribution in [3.63, 3.8) is 0 Å². The molecule has 0 N–H and O–H groups in total. The third kappa shape index (κ3) is 2.47. The van der Waals surface area contributed by atoms with Crippen LogP contribution in [0.4, 0.5) is 0 Å². The molecule has 1 aliphatic carbocycles. The van der Waals surface area contributed by atoms with Crippen LogP contribution in [-0.4, -0.2) is 10.8 Å². The number of carbonyl (C=O) groups excluding carboxylic acids is 1. The lowest BCUT2D eigenvalue weighted by molar-refractivity contribution is 0.0994. The highest BCUT2D eigenvalue weighted by Crippen LogP contribution is 2.36. The van der Waals surface area contributed by atoms with Crippen molar-refractivity contribution < 1.29 is 9.53 Å². The number of hydrogen-bond acceptors (Lipinski definition) is 3. The lowest BCUT2D eigenvalue weighted by Crippen LogP contribution is -1.97. The lowest BCUT2D eigenvalue weighted by atomic mass is 10.1. The van der Waals surface area contributed by atoms with Crippen LogP contribution in [0.3, 0.4) is 0 Å². The first-order valence-corrected chi connectivity index (χ1v) is 7.24. The number of halogens is 2. The third-order valence-electron chi connectivity index (χ3n) is 3.01. The zero-order chi connectivity index (χ0) is 13.4. The van der Waals surface area contributed by atoms with Gasteiger partial charge in [-0.1, -0.05) is 11.6 Å². The zero-order valence-electron chi connectivity index (χ0n) is 9.82. The molecule has 0 fully saturated rings. The first-order valence-electron chi connectivity index (χ1n) is 5.78. The standard InChI is InChI=1S/C14H9ClINO2/c15-8-5-9(7-17-6-8)19-13-4-2-11(16)14-10(13)1-3-12(14)18/h2,4-7H,1,3H2. The summed E-state index contributed by atoms with van der Waals surface area (Å²) in [5.41, 5.74) is 1.78. The van der Waals surface area contributed by atoms with Gasteiger partial charge in [0.15, 0.2) is 5.78 Å². The molecule has 0 spiro atoms. The monoisotopic (exact) mass is 385 g/mol. The van der Waals surface area contributed by atoms with Gasteiger partial charge in [-0.3, -0.25) is 9.78 Å². The lowest BCUT2D eigenvalue weighted by Gasteiger charge is -2.10. The highest BCUT2D eigenvalue weighted by molar-refractivity contribution is 14.1. The molecule has 0 radical (unpaired) electrons. The van der Waals surface area contributed by atoms with Crippen LogP contribution < -0.4 is 4.74 Å². The SMILES string of the molecule is O=C1CCc2c(Oc3cncc(Cl)c3)ccc(I)c21. The smallest absolute Gasteiger partial charge is 0.164 e. The number of carbonyl (C=O) groups is 1. The molecule has 0 saturated carbocycles. The molecule has 0 aliphatic heterocycles. The van der Waals surface area contributed by atoms with Crippen LogP contribution in [0.1, 0.15) is 22.3 Å². The molecular weight excluding hydrogens is 377 g/mol. The predicted octanol–water partition coefficient (Wildman–Crippen LogP) is 4.26. The number of pyridine rings is 1. The molecule has 3 rings (SSSR count). The van der Waals surface area contributed by atoms with Gasteiger partial charge in [-0.25, -0.2) is 0 Å². The summed E-state index contributed by atoms with van der Waals surface area (Å²) in [5.74, 6) is 1.48. The van der Waals surface area contributed by atoms with Crippen LogP contribution in [0.15, 0.2) is 30.6 Å². The first-order chi connectivity index (χ1) is 9.15. The van der Waals surface area contributed by atoms with Crippen LogP contribution in [-0.2, 0) is 6.42 Å². The van der Waals surface area contributed by atoms with Crippen LogP contribution in [0.5, 0.6) is 11.5 Å². The minimum Gasteiger partial charge on any atom is -0.455 e. The minimum absolute atomic E-state index is 0.189. The molecule has 1 aromatic heterocycles. The van der Waals surface area contributed by atoms with E-state index < -0.39 is 0 Å². The molecule has 0 bridgehead atoms. The molecule has 19 heavy (non-hydrogen) atoms. The van der Waals surface area contributed by atoms with Crippen molar-refractivity contribution in [2.45, 2.75) is 12.8 Å². The molecule has 96 valence electrons. The second-order valence-corrected chi connectivity index (χ2v) is 5.86. The summed E-state index contributed by atoms with van der Waals surface area (Å²) in [6.45, 7) is 0. The zero-order valence-corrected chi connectivity index (χ0v) is 12.7. The van der Waals surface area contributed by atoms with Crippen molar-refractivity contribution in [3.8, 4) is 11.5 Å². The minimum atomic E-state index is 0.189. The average molecular weight is 386 g/mol. The maximum absolute atomic E-state index is 11.9. The van der Waals surface area contributed by atoms with Crippen LogP contribution in [0.2, 0.25) is 5.02 Å². The number of fused-ring (bicyclic) bond motifs is 1. The van der Waals surface area contributed by atoms with E-state index in [0.29, 0.717) is 22.9 Å². The molecule has 1 aromatic carbocycles. The largest absolute Gasteiger partial charge is 0.455 e. The topological polar surface area (TPSA) is 39.2 Å². The van der Waals surface area contributed by atoms with E-state index in [2.05, 4.69) is 27.6 Å². The molecule has 1 aliphatic rings. The van der Waals surface area contributed by atoms with Gasteiger partial charge in [0.1, 0.15) is 11.5 Å². The summed E-state index contributed by atoms with van der Waals surface area (Å²) in [5, 5.41) is 0.524. The summed E-state index contributed by atoms with van der Waals surface area (Å²) in [4.78, 5) is 15.8. The predicted molar refractivity (Wildman–Crippen MR) is 81.1 cm³/mol. The first kappa shape index (κ1) is 12.9. The fourth-order valence-corrected chi connectivity index (χ4v) is 3.15. The fourth-order valence-electron chi connectivity index (χ4n) is 2.18. The second kappa shape index (κ2) is 5.09. The molecule has 0 amide bonds. The van der Waals surface area contributed by atoms with Crippen molar-refractivity contribution in [1.82, 2.24) is 4.98 Å². The normalized spacial score (nSPS) is 13.5. The van der Waals surface area contributed by atoms with E-state index in [-0.39, 0.29) is 5.78 Å². The van der Waals surface area contributed by atoms with Crippen molar-refractivity contribution in [1.29, 1.82) is 0 Å². The number of nitrogens with zero attached hydrogens (tertiary/aromatic N) is 1. The Labute approximate surface area is 129 Å². The Balaban J connectivity index is 2.01. The van der Waals surface area contributed by atoms with Crippen molar-refractivity contribution in [3.05, 3.63) is 50.3 Å². The molecular formula is C14H9ClINO2. The van der Waals surface area contributed by atoms with Crippen LogP contribution in [0, 0.1) is 3.57 Å². The maximum Gasteiger partial charge on any atom is 0.164 e. The number of ketones is 1. The van der Waals surface area contributed by atoms with E-state index in [1.807, 2.05) is 12.1 Å². The van der Waals surface area contributed by atoms with Crippen LogP contribution in [0.25, 0.3) is 0 Å². The number of rotatable bonds is 2. The number of hydrogen-bond donors (Lipinski definition) is 0. The van der Waals surface area contributed by atoms with Crippen LogP contribution >= 0.6 is 34.2 Å². The van der Waals surface area contributed by atoms with Crippen molar-refractivity contribution in [2.24, 2.45) is 0 Å². The number of ether oxygens (including phenoxy) is 1. The molecule has 0 saturated heterocycles. The number of benzene rings is 1. The Hall–Kier alpha value is -1.14. The Morgan fingerprint density at radius 1 is 1.26 bits per heavy atom. The Morgan fingerprint density at radius 2 is 2.11 bits per heavy atom. The van der Waals surface area contributed by atoms with Crippen molar-refractivity contribution in [2.75, 3.05) is 0 Å². The number of aromatic nitrogens is 1. The Morgan fingerprint density at radius 3 is 2.89 bits per heavy atom. The summed E-state index contributed by atoms with van der Waals surface area (Å²) in [6.07, 6.45) is 4.44. The highest BCUT2D eigenvalue weighted by atomic mass is 127. The highest BCUT2D eigenvalue weighted by Gasteiger charge is 2.25. The van der Waals surface area contributed by atoms with E-state index in [4.69, 9.17) is 16.3 Å². The van der Waals surface area contributed by atoms with Gasteiger partial charge >= 0.3 is 0 Å². The van der Waals surface area contributed by atoms with E-state index in [1.54, 1.807) is 18.5 Å². The molecule has 1 heterocycles. The van der Waals surface area contributed by atoms with Gasteiger partial charge in [-0.2, -0.15) is 0 Å². The quantitative estimate of drug-likeness (QED) is 0.725. The van der Waals surface area contributed by atoms with E-state index in [9.17, 15) is 4.79 Å². The van der Waals surface area contributed by atoms with Gasteiger partial charge in [0.05, 0.1) is 11.2 Å². The van der Waals surface area contributed by atoms with Gasteiger partial charge in [-0.15, -0.1) is 0 Å². The van der Waals surface area contributed by atoms with Gasteiger partial charge in [-0.05, 0) is 41.1 Å². The van der Waals surface area contributed by atoms with E-state index in [0.717, 1.165) is 21.1 Å². The van der Waals surface area contributed by atoms with Gasteiger partial charge in [0.2, 0.25) is 0 Å². The Bertz CT molecular complexity index is 672. The second-order valence-electron chi connectivity index (χ2n) is 4.26. The van der Waals surface area contributed by atoms with E-state index in [1.165, 1.54) is 0 Å². The fraction of sp³-hybridized carbons (Fsp3) is 0.143. The summed E-state index contributed by atoms with van der Waals surface area (Å²) in [7, 11) is 0. The molecule has 5 heteroatoms. The maximum atomic E-state index is 11.9. The van der Waals surface area contributed by atoms with E-state index >= 15 is 0 Å². The van der Waals surface area contributed by atoms with Gasteiger partial charge in [0.25, 0.3) is 0 Å².